The number of nitrogens with zero attached hydrogens (tertiary/aromatic N) is 2. The number of aliphatic imine (C=N–C) groups is 1. The van der Waals surface area contributed by atoms with E-state index in [9.17, 15) is 9.59 Å². The summed E-state index contributed by atoms with van der Waals surface area (Å²) in [5.41, 5.74) is 3.21. The molecule has 0 aliphatic carbocycles. The van der Waals surface area contributed by atoms with E-state index in [2.05, 4.69) is 37.9 Å². The van der Waals surface area contributed by atoms with Crippen molar-refractivity contribution >= 4 is 28.8 Å². The van der Waals surface area contributed by atoms with E-state index in [4.69, 9.17) is 4.74 Å². The first-order valence-corrected chi connectivity index (χ1v) is 11.1. The first-order valence-electron chi connectivity index (χ1n) is 10.1. The second kappa shape index (κ2) is 8.34. The number of ether oxygens (including phenoxy) is 1. The highest BCUT2D eigenvalue weighted by atomic mass is 32.2. The first-order chi connectivity index (χ1) is 13.6. The molecule has 0 N–H and O–H groups in total. The van der Waals surface area contributed by atoms with Gasteiger partial charge in [-0.05, 0) is 29.4 Å². The van der Waals surface area contributed by atoms with Crippen LogP contribution in [-0.4, -0.2) is 34.3 Å². The molecule has 0 radical (unpaired) electrons. The molecule has 0 spiro atoms. The lowest BCUT2D eigenvalue weighted by Crippen LogP contribution is -2.45. The third-order valence-electron chi connectivity index (χ3n) is 5.07. The fraction of sp³-hybridized carbons (Fsp3) is 0.522. The third kappa shape index (κ3) is 4.58. The highest BCUT2D eigenvalue weighted by molar-refractivity contribution is 8.14. The summed E-state index contributed by atoms with van der Waals surface area (Å²) >= 11 is 1.56. The van der Waals surface area contributed by atoms with Crippen LogP contribution in [0.2, 0.25) is 0 Å². The fourth-order valence-corrected chi connectivity index (χ4v) is 4.47. The van der Waals surface area contributed by atoms with E-state index in [0.717, 1.165) is 5.56 Å². The Balaban J connectivity index is 2.06. The molecule has 29 heavy (non-hydrogen) atoms. The van der Waals surface area contributed by atoms with Crippen LogP contribution in [0.3, 0.4) is 0 Å². The summed E-state index contributed by atoms with van der Waals surface area (Å²) in [4.78, 5) is 32.1. The third-order valence-corrected chi connectivity index (χ3v) is 6.02. The molecule has 0 saturated carbocycles. The van der Waals surface area contributed by atoms with Gasteiger partial charge in [-0.1, -0.05) is 70.6 Å². The summed E-state index contributed by atoms with van der Waals surface area (Å²) in [5.74, 6) is 0.546. The van der Waals surface area contributed by atoms with E-state index in [1.54, 1.807) is 16.7 Å². The molecule has 2 aliphatic heterocycles. The predicted molar refractivity (Wildman–Crippen MR) is 118 cm³/mol. The van der Waals surface area contributed by atoms with E-state index in [0.29, 0.717) is 35.2 Å². The Hall–Kier alpha value is -2.08. The minimum absolute atomic E-state index is 0.00550. The van der Waals surface area contributed by atoms with Crippen LogP contribution < -0.4 is 0 Å². The van der Waals surface area contributed by atoms with Gasteiger partial charge in [-0.3, -0.25) is 9.69 Å². The first kappa shape index (κ1) is 21.6. The quantitative estimate of drug-likeness (QED) is 0.662. The highest BCUT2D eigenvalue weighted by Crippen LogP contribution is 2.40. The van der Waals surface area contributed by atoms with Crippen molar-refractivity contribution < 1.29 is 14.3 Å². The molecule has 1 atom stereocenters. The van der Waals surface area contributed by atoms with Crippen molar-refractivity contribution in [2.24, 2.45) is 10.9 Å². The lowest BCUT2D eigenvalue weighted by atomic mass is 9.85. The zero-order chi connectivity index (χ0) is 21.3. The number of benzene rings is 1. The van der Waals surface area contributed by atoms with Gasteiger partial charge in [0.15, 0.2) is 5.17 Å². The molecule has 5 nitrogen and oxygen atoms in total. The van der Waals surface area contributed by atoms with Crippen molar-refractivity contribution in [2.45, 2.75) is 59.4 Å². The molecule has 1 fully saturated rings. The molecule has 0 bridgehead atoms. The van der Waals surface area contributed by atoms with Crippen molar-refractivity contribution in [3.63, 3.8) is 0 Å². The van der Waals surface area contributed by atoms with Crippen molar-refractivity contribution in [2.75, 3.05) is 12.4 Å². The lowest BCUT2D eigenvalue weighted by Gasteiger charge is -2.39. The normalized spacial score (nSPS) is 20.0. The van der Waals surface area contributed by atoms with Gasteiger partial charge in [-0.2, -0.15) is 0 Å². The van der Waals surface area contributed by atoms with Crippen LogP contribution in [0.15, 0.2) is 40.5 Å². The number of amidine groups is 1. The molecule has 1 aromatic rings. The average molecular weight is 415 g/mol. The number of carbonyl (C=O) groups is 2. The fourth-order valence-electron chi connectivity index (χ4n) is 3.46. The Bertz CT molecular complexity index is 863. The van der Waals surface area contributed by atoms with Gasteiger partial charge in [0.05, 0.1) is 23.9 Å². The monoisotopic (exact) mass is 414 g/mol. The zero-order valence-electron chi connectivity index (χ0n) is 18.1. The van der Waals surface area contributed by atoms with Crippen molar-refractivity contribution in [3.8, 4) is 0 Å². The Labute approximate surface area is 177 Å². The maximum absolute atomic E-state index is 13.0. The number of amides is 1. The molecule has 1 aromatic carbocycles. The van der Waals surface area contributed by atoms with E-state index < -0.39 is 12.0 Å². The van der Waals surface area contributed by atoms with Gasteiger partial charge in [0.1, 0.15) is 0 Å². The number of thioether (sulfide) groups is 1. The molecule has 1 amide bonds. The van der Waals surface area contributed by atoms with Crippen LogP contribution in [0.4, 0.5) is 0 Å². The predicted octanol–water partition coefficient (Wildman–Crippen LogP) is 4.83. The number of esters is 1. The molecular weight excluding hydrogens is 384 g/mol. The van der Waals surface area contributed by atoms with Crippen molar-refractivity contribution in [1.82, 2.24) is 4.90 Å². The molecule has 156 valence electrons. The van der Waals surface area contributed by atoms with Crippen LogP contribution in [0.5, 0.6) is 0 Å². The van der Waals surface area contributed by atoms with E-state index in [1.807, 2.05) is 32.9 Å². The Morgan fingerprint density at radius 1 is 1.28 bits per heavy atom. The number of hydrogen-bond donors (Lipinski definition) is 0. The maximum atomic E-state index is 13.0. The minimum atomic E-state index is -0.503. The van der Waals surface area contributed by atoms with Gasteiger partial charge >= 0.3 is 5.97 Å². The largest absolute Gasteiger partial charge is 0.462 e. The van der Waals surface area contributed by atoms with Gasteiger partial charge in [-0.15, -0.1) is 0 Å². The second-order valence-electron chi connectivity index (χ2n) is 9.02. The Morgan fingerprint density at radius 2 is 1.93 bits per heavy atom. The molecule has 0 aromatic heterocycles. The Morgan fingerprint density at radius 3 is 2.52 bits per heavy atom. The number of fused-ring (bicyclic) bond motifs is 1. The van der Waals surface area contributed by atoms with Crippen LogP contribution in [0, 0.1) is 5.92 Å². The number of rotatable bonds is 4. The SMILES string of the molecule is CC1=C(C(=O)OCC(C)C)C(c2ccc(C(C)(C)C)cc2)N2C(=O)CCSC2=N1. The maximum Gasteiger partial charge on any atom is 0.338 e. The topological polar surface area (TPSA) is 59.0 Å². The minimum Gasteiger partial charge on any atom is -0.462 e. The number of hydrogen-bond acceptors (Lipinski definition) is 5. The standard InChI is InChI=1S/C23H30N2O3S/c1-14(2)13-28-21(27)19-15(3)24-22-25(18(26)11-12-29-22)20(19)16-7-9-17(10-8-16)23(4,5)6/h7-10,14,20H,11-13H2,1-6H3. The van der Waals surface area contributed by atoms with Gasteiger partial charge in [0.25, 0.3) is 0 Å². The number of carbonyl (C=O) groups excluding carboxylic acids is 2. The van der Waals surface area contributed by atoms with E-state index in [1.165, 1.54) is 5.56 Å². The summed E-state index contributed by atoms with van der Waals surface area (Å²) in [6, 6.07) is 7.69. The van der Waals surface area contributed by atoms with E-state index in [-0.39, 0.29) is 17.2 Å². The molecule has 3 rings (SSSR count). The van der Waals surface area contributed by atoms with Crippen molar-refractivity contribution in [3.05, 3.63) is 46.7 Å². The van der Waals surface area contributed by atoms with Crippen LogP contribution >= 0.6 is 11.8 Å². The summed E-state index contributed by atoms with van der Waals surface area (Å²) < 4.78 is 5.55. The van der Waals surface area contributed by atoms with Crippen LogP contribution in [-0.2, 0) is 19.7 Å². The molecule has 1 unspecified atom stereocenters. The van der Waals surface area contributed by atoms with Gasteiger partial charge < -0.3 is 4.74 Å². The van der Waals surface area contributed by atoms with Crippen LogP contribution in [0.25, 0.3) is 0 Å². The number of allylic oxidation sites excluding steroid dienone is 1. The summed E-state index contributed by atoms with van der Waals surface area (Å²) in [6.07, 6.45) is 0.438. The summed E-state index contributed by atoms with van der Waals surface area (Å²) in [5, 5.41) is 0.670. The lowest BCUT2D eigenvalue weighted by molar-refractivity contribution is -0.141. The molecule has 1 saturated heterocycles. The molecule has 2 aliphatic rings. The highest BCUT2D eigenvalue weighted by Gasteiger charge is 2.41. The summed E-state index contributed by atoms with van der Waals surface area (Å²) in [6.45, 7) is 12.7. The summed E-state index contributed by atoms with van der Waals surface area (Å²) in [7, 11) is 0. The molecular formula is C23H30N2O3S. The van der Waals surface area contributed by atoms with Crippen LogP contribution in [0.1, 0.15) is 65.1 Å². The van der Waals surface area contributed by atoms with Crippen molar-refractivity contribution in [1.29, 1.82) is 0 Å². The van der Waals surface area contributed by atoms with Gasteiger partial charge in [-0.25, -0.2) is 9.79 Å². The van der Waals surface area contributed by atoms with Gasteiger partial charge in [0, 0.05) is 12.2 Å². The Kier molecular flexibility index (Phi) is 6.22. The average Bonchev–Trinajstić information content (AvgIpc) is 2.64. The molecule has 6 heteroatoms. The van der Waals surface area contributed by atoms with E-state index >= 15 is 0 Å². The molecule has 2 heterocycles. The smallest absolute Gasteiger partial charge is 0.338 e. The second-order valence-corrected chi connectivity index (χ2v) is 10.1. The zero-order valence-corrected chi connectivity index (χ0v) is 18.9. The van der Waals surface area contributed by atoms with Gasteiger partial charge in [0.2, 0.25) is 5.91 Å².